The molecule has 108 valence electrons. The number of anilines is 1. The van der Waals surface area contributed by atoms with Gasteiger partial charge in [0.25, 0.3) is 0 Å². The maximum Gasteiger partial charge on any atom is 0.224 e. The van der Waals surface area contributed by atoms with Gasteiger partial charge in [-0.15, -0.1) is 0 Å². The summed E-state index contributed by atoms with van der Waals surface area (Å²) < 4.78 is 7.09. The highest BCUT2D eigenvalue weighted by Crippen LogP contribution is 2.40. The first-order valence-electron chi connectivity index (χ1n) is 6.60. The molecule has 1 unspecified atom stereocenters. The van der Waals surface area contributed by atoms with Gasteiger partial charge in [-0.25, -0.2) is 0 Å². The van der Waals surface area contributed by atoms with Crippen molar-refractivity contribution in [2.24, 2.45) is 0 Å². The molecule has 0 N–H and O–H groups in total. The van der Waals surface area contributed by atoms with Gasteiger partial charge in [-0.05, 0) is 46.9 Å². The lowest BCUT2D eigenvalue weighted by molar-refractivity contribution is -0.116. The van der Waals surface area contributed by atoms with Crippen LogP contribution in [0.3, 0.4) is 0 Å². The third kappa shape index (κ3) is 3.18. The van der Waals surface area contributed by atoms with Crippen molar-refractivity contribution in [2.75, 3.05) is 11.4 Å². The van der Waals surface area contributed by atoms with E-state index in [4.69, 9.17) is 4.74 Å². The van der Waals surface area contributed by atoms with Crippen LogP contribution in [0.5, 0.6) is 5.75 Å². The van der Waals surface area contributed by atoms with E-state index < -0.39 is 0 Å². The molecule has 1 heterocycles. The number of halogens is 1. The largest absolute Gasteiger partial charge is 0.475 e. The van der Waals surface area contributed by atoms with Crippen molar-refractivity contribution in [3.8, 4) is 5.75 Å². The molecule has 0 bridgehead atoms. The summed E-state index contributed by atoms with van der Waals surface area (Å²) in [6, 6.07) is 16.0. The smallest absolute Gasteiger partial charge is 0.224 e. The number of nitrogens with zero attached hydrogens (tertiary/aromatic N) is 1. The monoisotopic (exact) mass is 411 g/mol. The Bertz CT molecular complexity index is 663. The molecule has 0 fully saturated rings. The first kappa shape index (κ1) is 14.7. The number of ether oxygens (including phenoxy) is 1. The van der Waals surface area contributed by atoms with Crippen LogP contribution in [0.2, 0.25) is 0 Å². The fourth-order valence-electron chi connectivity index (χ4n) is 2.27. The van der Waals surface area contributed by atoms with Crippen LogP contribution in [0.15, 0.2) is 53.4 Å². The Morgan fingerprint density at radius 3 is 2.71 bits per heavy atom. The third-order valence-corrected chi connectivity index (χ3v) is 5.12. The molecule has 1 amide bonds. The summed E-state index contributed by atoms with van der Waals surface area (Å²) in [6.07, 6.45) is 0. The van der Waals surface area contributed by atoms with E-state index in [0.717, 1.165) is 19.9 Å². The lowest BCUT2D eigenvalue weighted by atomic mass is 10.2. The molecular weight excluding hydrogens is 397 g/mol. The summed E-state index contributed by atoms with van der Waals surface area (Å²) in [5, 5.41) is 0. The number of thioether (sulfide) groups is 1. The first-order valence-corrected chi connectivity index (χ1v) is 8.56. The van der Waals surface area contributed by atoms with E-state index in [0.29, 0.717) is 6.54 Å². The Hall–Kier alpha value is -1.21. The molecular formula is C16H14INO2S. The van der Waals surface area contributed by atoms with E-state index >= 15 is 0 Å². The molecule has 21 heavy (non-hydrogen) atoms. The van der Waals surface area contributed by atoms with Gasteiger partial charge in [0.2, 0.25) is 5.91 Å². The normalized spacial score (nSPS) is 17.0. The number of hydrogen-bond donors (Lipinski definition) is 0. The zero-order valence-electron chi connectivity index (χ0n) is 11.5. The van der Waals surface area contributed by atoms with E-state index in [9.17, 15) is 4.79 Å². The molecule has 0 saturated carbocycles. The molecule has 3 nitrogen and oxygen atoms in total. The summed E-state index contributed by atoms with van der Waals surface area (Å²) >= 11 is 3.88. The van der Waals surface area contributed by atoms with Crippen molar-refractivity contribution < 1.29 is 9.53 Å². The Kier molecular flexibility index (Phi) is 4.40. The van der Waals surface area contributed by atoms with E-state index in [2.05, 4.69) is 34.7 Å². The van der Waals surface area contributed by atoms with Crippen LogP contribution in [-0.2, 0) is 4.79 Å². The fourth-order valence-corrected chi connectivity index (χ4v) is 4.03. The Morgan fingerprint density at radius 1 is 1.24 bits per heavy atom. The number of carbonyl (C=O) groups excluding carboxylic acids is 1. The van der Waals surface area contributed by atoms with E-state index in [1.807, 2.05) is 36.4 Å². The van der Waals surface area contributed by atoms with Crippen LogP contribution in [0.25, 0.3) is 0 Å². The van der Waals surface area contributed by atoms with E-state index in [1.165, 1.54) is 0 Å². The van der Waals surface area contributed by atoms with Crippen LogP contribution < -0.4 is 9.64 Å². The van der Waals surface area contributed by atoms with Gasteiger partial charge >= 0.3 is 0 Å². The zero-order valence-corrected chi connectivity index (χ0v) is 14.4. The lowest BCUT2D eigenvalue weighted by Gasteiger charge is -2.34. The summed E-state index contributed by atoms with van der Waals surface area (Å²) in [7, 11) is 0. The van der Waals surface area contributed by atoms with Gasteiger partial charge in [0.05, 0.1) is 12.2 Å². The van der Waals surface area contributed by atoms with Crippen LogP contribution in [0, 0.1) is 3.57 Å². The molecule has 2 aromatic carbocycles. The number of fused-ring (bicyclic) bond motifs is 1. The predicted molar refractivity (Wildman–Crippen MR) is 93.9 cm³/mol. The Balaban J connectivity index is 1.89. The molecule has 1 aliphatic rings. The number of para-hydroxylation sites is 1. The van der Waals surface area contributed by atoms with Crippen molar-refractivity contribution in [1.29, 1.82) is 0 Å². The van der Waals surface area contributed by atoms with E-state index in [1.54, 1.807) is 23.6 Å². The molecule has 2 aromatic rings. The van der Waals surface area contributed by atoms with Crippen molar-refractivity contribution in [1.82, 2.24) is 0 Å². The lowest BCUT2D eigenvalue weighted by Crippen LogP contribution is -2.41. The Morgan fingerprint density at radius 2 is 2.00 bits per heavy atom. The molecule has 5 heteroatoms. The number of carbonyl (C=O) groups is 1. The highest BCUT2D eigenvalue weighted by Gasteiger charge is 2.30. The van der Waals surface area contributed by atoms with Gasteiger partial charge in [0.15, 0.2) is 5.44 Å². The summed E-state index contributed by atoms with van der Waals surface area (Å²) in [6.45, 7) is 2.16. The maximum absolute atomic E-state index is 12.0. The second-order valence-corrected chi connectivity index (χ2v) is 7.09. The molecule has 0 spiro atoms. The third-order valence-electron chi connectivity index (χ3n) is 3.20. The number of rotatable bonds is 2. The van der Waals surface area contributed by atoms with Crippen LogP contribution in [0.4, 0.5) is 5.69 Å². The average Bonchev–Trinajstić information content (AvgIpc) is 2.47. The SMILES string of the molecule is CC(=O)N1CC(Sc2ccccc2)Oc2cccc(I)c21. The van der Waals surface area contributed by atoms with E-state index in [-0.39, 0.29) is 11.3 Å². The summed E-state index contributed by atoms with van der Waals surface area (Å²) in [5.41, 5.74) is 0.789. The van der Waals surface area contributed by atoms with Crippen molar-refractivity contribution in [3.05, 3.63) is 52.1 Å². The standard InChI is InChI=1S/C16H14INO2S/c1-11(19)18-10-15(21-12-6-3-2-4-7-12)20-14-9-5-8-13(17)16(14)18/h2-9,15H,10H2,1H3. The highest BCUT2D eigenvalue weighted by atomic mass is 127. The second kappa shape index (κ2) is 6.27. The number of benzene rings is 2. The van der Waals surface area contributed by atoms with Gasteiger partial charge in [-0.3, -0.25) is 4.79 Å². The van der Waals surface area contributed by atoms with Gasteiger partial charge in [0, 0.05) is 15.4 Å². The molecule has 0 aliphatic carbocycles. The van der Waals surface area contributed by atoms with Crippen molar-refractivity contribution in [2.45, 2.75) is 17.3 Å². The predicted octanol–water partition coefficient (Wildman–Crippen LogP) is 4.15. The second-order valence-electron chi connectivity index (χ2n) is 4.69. The molecule has 1 aliphatic heterocycles. The highest BCUT2D eigenvalue weighted by molar-refractivity contribution is 14.1. The van der Waals surface area contributed by atoms with Crippen LogP contribution in [-0.4, -0.2) is 17.9 Å². The van der Waals surface area contributed by atoms with Gasteiger partial charge in [-0.2, -0.15) is 0 Å². The molecule has 0 radical (unpaired) electrons. The Labute approximate surface area is 141 Å². The van der Waals surface area contributed by atoms with Crippen molar-refractivity contribution >= 4 is 45.9 Å². The average molecular weight is 411 g/mol. The maximum atomic E-state index is 12.0. The summed E-state index contributed by atoms with van der Waals surface area (Å²) in [4.78, 5) is 14.9. The van der Waals surface area contributed by atoms with Crippen LogP contribution >= 0.6 is 34.4 Å². The first-order chi connectivity index (χ1) is 10.1. The zero-order chi connectivity index (χ0) is 14.8. The summed E-state index contributed by atoms with van der Waals surface area (Å²) in [5.74, 6) is 0.819. The minimum absolute atomic E-state index is 0.0438. The fraction of sp³-hybridized carbons (Fsp3) is 0.188. The van der Waals surface area contributed by atoms with Crippen LogP contribution in [0.1, 0.15) is 6.92 Å². The molecule has 0 aromatic heterocycles. The minimum Gasteiger partial charge on any atom is -0.475 e. The van der Waals surface area contributed by atoms with Crippen molar-refractivity contribution in [3.63, 3.8) is 0 Å². The topological polar surface area (TPSA) is 29.5 Å². The quantitative estimate of drug-likeness (QED) is 0.696. The van der Waals surface area contributed by atoms with Gasteiger partial charge in [-0.1, -0.05) is 36.0 Å². The molecule has 0 saturated heterocycles. The molecule has 3 rings (SSSR count). The number of hydrogen-bond acceptors (Lipinski definition) is 3. The van der Waals surface area contributed by atoms with Gasteiger partial charge < -0.3 is 9.64 Å². The molecule has 1 atom stereocenters. The van der Waals surface area contributed by atoms with Gasteiger partial charge in [0.1, 0.15) is 5.75 Å². The number of amides is 1. The minimum atomic E-state index is -0.0954.